The van der Waals surface area contributed by atoms with Gasteiger partial charge in [-0.3, -0.25) is 0 Å². The number of hydrogen-bond acceptors (Lipinski definition) is 4. The van der Waals surface area contributed by atoms with E-state index in [1.165, 1.54) is 11.8 Å². The molecule has 0 heterocycles. The zero-order valence-electron chi connectivity index (χ0n) is 13.9. The topological polar surface area (TPSA) is 75.6 Å². The van der Waals surface area contributed by atoms with Crippen molar-refractivity contribution in [2.75, 3.05) is 7.11 Å². The standard InChI is InChI=1S/C19H21NO4S/c1-24-16-9-7-15(8-10-16)13-25-18(12-21)17(20-19(22)23)11-14-5-3-2-4-6-14/h2-10,12,17-18,20H,11,13H2,1H3,(H,22,23). The highest BCUT2D eigenvalue weighted by molar-refractivity contribution is 7.99. The van der Waals surface area contributed by atoms with E-state index in [0.717, 1.165) is 23.2 Å². The molecule has 2 unspecified atom stereocenters. The average molecular weight is 359 g/mol. The quantitative estimate of drug-likeness (QED) is 0.672. The molecule has 5 nitrogen and oxygen atoms in total. The first-order chi connectivity index (χ1) is 12.1. The van der Waals surface area contributed by atoms with Gasteiger partial charge < -0.3 is 20.0 Å². The van der Waals surface area contributed by atoms with E-state index < -0.39 is 17.4 Å². The number of amides is 1. The number of hydrogen-bond donors (Lipinski definition) is 2. The van der Waals surface area contributed by atoms with E-state index >= 15 is 0 Å². The molecule has 2 atom stereocenters. The van der Waals surface area contributed by atoms with Gasteiger partial charge in [0.1, 0.15) is 12.0 Å². The molecular formula is C19H21NO4S. The van der Waals surface area contributed by atoms with Crippen molar-refractivity contribution < 1.29 is 19.4 Å². The molecule has 132 valence electrons. The van der Waals surface area contributed by atoms with Crippen LogP contribution in [0.25, 0.3) is 0 Å². The van der Waals surface area contributed by atoms with Gasteiger partial charge in [0.05, 0.1) is 18.4 Å². The van der Waals surface area contributed by atoms with Crippen LogP contribution in [0.2, 0.25) is 0 Å². The molecule has 1 amide bonds. The minimum atomic E-state index is -1.13. The predicted octanol–water partition coefficient (Wildman–Crippen LogP) is 3.37. The van der Waals surface area contributed by atoms with Gasteiger partial charge in [0, 0.05) is 5.75 Å². The third-order valence-corrected chi connectivity index (χ3v) is 5.06. The lowest BCUT2D eigenvalue weighted by Gasteiger charge is -2.23. The third kappa shape index (κ3) is 6.15. The fourth-order valence-corrected chi connectivity index (χ4v) is 3.49. The van der Waals surface area contributed by atoms with Crippen molar-refractivity contribution in [2.45, 2.75) is 23.5 Å². The maximum absolute atomic E-state index is 11.6. The maximum atomic E-state index is 11.6. The summed E-state index contributed by atoms with van der Waals surface area (Å²) in [6.07, 6.45) is 0.155. The van der Waals surface area contributed by atoms with Gasteiger partial charge in [-0.05, 0) is 29.7 Å². The molecule has 0 bridgehead atoms. The van der Waals surface area contributed by atoms with E-state index in [2.05, 4.69) is 5.32 Å². The van der Waals surface area contributed by atoms with Gasteiger partial charge in [-0.15, -0.1) is 11.8 Å². The van der Waals surface area contributed by atoms with Gasteiger partial charge in [-0.1, -0.05) is 42.5 Å². The molecule has 2 aromatic carbocycles. The lowest BCUT2D eigenvalue weighted by atomic mass is 10.0. The molecule has 0 aliphatic carbocycles. The number of carbonyl (C=O) groups excluding carboxylic acids is 1. The first kappa shape index (κ1) is 18.9. The molecule has 0 saturated carbocycles. The molecule has 0 fully saturated rings. The number of carbonyl (C=O) groups is 2. The number of ether oxygens (including phenoxy) is 1. The smallest absolute Gasteiger partial charge is 0.404 e. The molecule has 2 aromatic rings. The molecule has 0 saturated heterocycles. The van der Waals surface area contributed by atoms with E-state index in [1.54, 1.807) is 7.11 Å². The Kier molecular flexibility index (Phi) is 7.35. The second kappa shape index (κ2) is 9.74. The van der Waals surface area contributed by atoms with Crippen LogP contribution in [0.3, 0.4) is 0 Å². The van der Waals surface area contributed by atoms with Crippen LogP contribution in [0.4, 0.5) is 4.79 Å². The SMILES string of the molecule is COc1ccc(CSC(C=O)C(Cc2ccccc2)NC(=O)O)cc1. The molecular weight excluding hydrogens is 338 g/mol. The number of benzene rings is 2. The number of methoxy groups -OCH3 is 1. The van der Waals surface area contributed by atoms with Crippen molar-refractivity contribution in [1.29, 1.82) is 0 Å². The summed E-state index contributed by atoms with van der Waals surface area (Å²) in [6, 6.07) is 16.7. The van der Waals surface area contributed by atoms with E-state index in [4.69, 9.17) is 9.84 Å². The highest BCUT2D eigenvalue weighted by Gasteiger charge is 2.23. The van der Waals surface area contributed by atoms with E-state index in [-0.39, 0.29) is 0 Å². The van der Waals surface area contributed by atoms with E-state index in [0.29, 0.717) is 12.2 Å². The normalized spacial score (nSPS) is 12.8. The summed E-state index contributed by atoms with van der Waals surface area (Å²) in [4.78, 5) is 22.7. The molecule has 25 heavy (non-hydrogen) atoms. The molecule has 2 N–H and O–H groups in total. The fourth-order valence-electron chi connectivity index (χ4n) is 2.44. The molecule has 0 aliphatic heterocycles. The van der Waals surface area contributed by atoms with Crippen LogP contribution in [-0.2, 0) is 17.0 Å². The zero-order valence-corrected chi connectivity index (χ0v) is 14.7. The Balaban J connectivity index is 2.03. The lowest BCUT2D eigenvalue weighted by Crippen LogP contribution is -2.43. The highest BCUT2D eigenvalue weighted by atomic mass is 32.2. The van der Waals surface area contributed by atoms with Crippen molar-refractivity contribution >= 4 is 24.1 Å². The summed E-state index contributed by atoms with van der Waals surface area (Å²) in [5, 5.41) is 11.1. The van der Waals surface area contributed by atoms with Gasteiger partial charge in [-0.2, -0.15) is 0 Å². The molecule has 0 aliphatic rings. The minimum Gasteiger partial charge on any atom is -0.497 e. The highest BCUT2D eigenvalue weighted by Crippen LogP contribution is 2.23. The number of rotatable bonds is 9. The number of nitrogens with one attached hydrogen (secondary N) is 1. The van der Waals surface area contributed by atoms with Crippen LogP contribution < -0.4 is 10.1 Å². The van der Waals surface area contributed by atoms with Crippen molar-refractivity contribution in [3.8, 4) is 5.75 Å². The Morgan fingerprint density at radius 1 is 1.16 bits per heavy atom. The van der Waals surface area contributed by atoms with Crippen molar-refractivity contribution in [1.82, 2.24) is 5.32 Å². The summed E-state index contributed by atoms with van der Waals surface area (Å²) < 4.78 is 5.13. The Bertz CT molecular complexity index is 676. The first-order valence-electron chi connectivity index (χ1n) is 7.85. The third-order valence-electron chi connectivity index (χ3n) is 3.74. The summed E-state index contributed by atoms with van der Waals surface area (Å²) in [5.41, 5.74) is 2.03. The monoisotopic (exact) mass is 359 g/mol. The molecule has 0 aromatic heterocycles. The van der Waals surface area contributed by atoms with Crippen LogP contribution >= 0.6 is 11.8 Å². The first-order valence-corrected chi connectivity index (χ1v) is 8.90. The van der Waals surface area contributed by atoms with Crippen LogP contribution in [0.5, 0.6) is 5.75 Å². The Morgan fingerprint density at radius 2 is 1.84 bits per heavy atom. The summed E-state index contributed by atoms with van der Waals surface area (Å²) >= 11 is 1.42. The van der Waals surface area contributed by atoms with Gasteiger partial charge in [-0.25, -0.2) is 4.79 Å². The molecule has 0 radical (unpaired) electrons. The summed E-state index contributed by atoms with van der Waals surface area (Å²) in [6.45, 7) is 0. The lowest BCUT2D eigenvalue weighted by molar-refractivity contribution is -0.107. The molecule has 0 spiro atoms. The number of aldehydes is 1. The van der Waals surface area contributed by atoms with Gasteiger partial charge in [0.15, 0.2) is 0 Å². The minimum absolute atomic E-state index is 0.464. The molecule has 6 heteroatoms. The Hall–Kier alpha value is -2.47. The van der Waals surface area contributed by atoms with Crippen LogP contribution in [0.15, 0.2) is 54.6 Å². The number of thioether (sulfide) groups is 1. The van der Waals surface area contributed by atoms with Crippen LogP contribution in [0.1, 0.15) is 11.1 Å². The maximum Gasteiger partial charge on any atom is 0.404 e. The molecule has 2 rings (SSSR count). The second-order valence-electron chi connectivity index (χ2n) is 5.51. The second-order valence-corrected chi connectivity index (χ2v) is 6.67. The van der Waals surface area contributed by atoms with E-state index in [1.807, 2.05) is 54.6 Å². The average Bonchev–Trinajstić information content (AvgIpc) is 2.63. The summed E-state index contributed by atoms with van der Waals surface area (Å²) in [7, 11) is 1.61. The van der Waals surface area contributed by atoms with E-state index in [9.17, 15) is 9.59 Å². The largest absolute Gasteiger partial charge is 0.497 e. The van der Waals surface area contributed by atoms with Gasteiger partial charge in [0.2, 0.25) is 0 Å². The predicted molar refractivity (Wildman–Crippen MR) is 99.2 cm³/mol. The van der Waals surface area contributed by atoms with Crippen molar-refractivity contribution in [2.24, 2.45) is 0 Å². The Morgan fingerprint density at radius 3 is 2.40 bits per heavy atom. The van der Waals surface area contributed by atoms with Gasteiger partial charge >= 0.3 is 6.09 Å². The summed E-state index contributed by atoms with van der Waals surface area (Å²) in [5.74, 6) is 1.38. The van der Waals surface area contributed by atoms with Crippen molar-refractivity contribution in [3.05, 3.63) is 65.7 Å². The van der Waals surface area contributed by atoms with Gasteiger partial charge in [0.25, 0.3) is 0 Å². The fraction of sp³-hybridized carbons (Fsp3) is 0.263. The Labute approximate surface area is 151 Å². The van der Waals surface area contributed by atoms with Crippen molar-refractivity contribution in [3.63, 3.8) is 0 Å². The van der Waals surface area contributed by atoms with Crippen LogP contribution in [-0.4, -0.2) is 35.9 Å². The van der Waals surface area contributed by atoms with Crippen LogP contribution in [0, 0.1) is 0 Å². The zero-order chi connectivity index (χ0) is 18.1. The number of carboxylic acid groups (broad SMARTS) is 1.